The number of morpholine rings is 1. The fourth-order valence-corrected chi connectivity index (χ4v) is 3.63. The van der Waals surface area contributed by atoms with Gasteiger partial charge in [0.15, 0.2) is 0 Å². The molecule has 2 fully saturated rings. The third-order valence-corrected chi connectivity index (χ3v) is 4.61. The molecule has 1 N–H and O–H groups in total. The van der Waals surface area contributed by atoms with E-state index in [9.17, 15) is 4.79 Å². The number of carbonyl (C=O) groups is 1. The zero-order valence-electron chi connectivity index (χ0n) is 13.4. The maximum atomic E-state index is 12.5. The zero-order chi connectivity index (χ0) is 14.8. The summed E-state index contributed by atoms with van der Waals surface area (Å²) >= 11 is 0. The molecule has 0 saturated carbocycles. The van der Waals surface area contributed by atoms with E-state index in [1.54, 1.807) is 0 Å². The van der Waals surface area contributed by atoms with E-state index in [1.807, 2.05) is 4.90 Å². The van der Waals surface area contributed by atoms with E-state index in [0.717, 1.165) is 26.2 Å². The second kappa shape index (κ2) is 6.44. The molecule has 20 heavy (non-hydrogen) atoms. The van der Waals surface area contributed by atoms with Crippen molar-refractivity contribution < 1.29 is 9.53 Å². The van der Waals surface area contributed by atoms with Crippen molar-refractivity contribution in [1.29, 1.82) is 0 Å². The van der Waals surface area contributed by atoms with Crippen LogP contribution in [0.2, 0.25) is 0 Å². The Hall–Kier alpha value is -0.610. The van der Waals surface area contributed by atoms with Crippen LogP contribution in [0.4, 0.5) is 0 Å². The summed E-state index contributed by atoms with van der Waals surface area (Å²) < 4.78 is 5.87. The van der Waals surface area contributed by atoms with E-state index in [-0.39, 0.29) is 11.7 Å². The molecule has 2 saturated heterocycles. The SMILES string of the molecule is CC1CN(C(=O)CC(C)C2CCNCC2)CC(C)(C)O1. The van der Waals surface area contributed by atoms with Crippen molar-refractivity contribution in [2.24, 2.45) is 11.8 Å². The summed E-state index contributed by atoms with van der Waals surface area (Å²) in [6.45, 7) is 12.1. The standard InChI is InChI=1S/C16H30N2O2/c1-12(14-5-7-17-8-6-14)9-15(19)18-10-13(2)20-16(3,4)11-18/h12-14,17H,5-11H2,1-4H3. The van der Waals surface area contributed by atoms with Gasteiger partial charge in [0, 0.05) is 19.5 Å². The van der Waals surface area contributed by atoms with Gasteiger partial charge in [-0.05, 0) is 58.5 Å². The van der Waals surface area contributed by atoms with Gasteiger partial charge in [0.1, 0.15) is 0 Å². The quantitative estimate of drug-likeness (QED) is 0.861. The van der Waals surface area contributed by atoms with Gasteiger partial charge in [0.05, 0.1) is 11.7 Å². The molecule has 0 bridgehead atoms. The number of hydrogen-bond donors (Lipinski definition) is 1. The number of hydrogen-bond acceptors (Lipinski definition) is 3. The Bertz CT molecular complexity index is 337. The molecule has 2 aliphatic heterocycles. The lowest BCUT2D eigenvalue weighted by molar-refractivity contribution is -0.159. The molecule has 0 aromatic rings. The first-order valence-electron chi connectivity index (χ1n) is 8.04. The van der Waals surface area contributed by atoms with Gasteiger partial charge in [-0.3, -0.25) is 4.79 Å². The van der Waals surface area contributed by atoms with Crippen LogP contribution >= 0.6 is 0 Å². The summed E-state index contributed by atoms with van der Waals surface area (Å²) in [5.74, 6) is 1.50. The highest BCUT2D eigenvalue weighted by Gasteiger charge is 2.34. The van der Waals surface area contributed by atoms with E-state index >= 15 is 0 Å². The van der Waals surface area contributed by atoms with Crippen molar-refractivity contribution in [3.05, 3.63) is 0 Å². The summed E-state index contributed by atoms with van der Waals surface area (Å²) in [7, 11) is 0. The Balaban J connectivity index is 1.87. The van der Waals surface area contributed by atoms with Crippen LogP contribution in [0.3, 0.4) is 0 Å². The highest BCUT2D eigenvalue weighted by atomic mass is 16.5. The second-order valence-electron chi connectivity index (χ2n) is 7.23. The van der Waals surface area contributed by atoms with Gasteiger partial charge in [-0.25, -0.2) is 0 Å². The minimum Gasteiger partial charge on any atom is -0.369 e. The maximum Gasteiger partial charge on any atom is 0.223 e. The summed E-state index contributed by atoms with van der Waals surface area (Å²) in [5, 5.41) is 3.39. The normalized spacial score (nSPS) is 29.2. The Labute approximate surface area is 123 Å². The maximum absolute atomic E-state index is 12.5. The smallest absolute Gasteiger partial charge is 0.223 e. The summed E-state index contributed by atoms with van der Waals surface area (Å²) in [4.78, 5) is 14.5. The van der Waals surface area contributed by atoms with Gasteiger partial charge in [0.2, 0.25) is 5.91 Å². The highest BCUT2D eigenvalue weighted by Crippen LogP contribution is 2.27. The number of carbonyl (C=O) groups excluding carboxylic acids is 1. The second-order valence-corrected chi connectivity index (χ2v) is 7.23. The molecule has 116 valence electrons. The third kappa shape index (κ3) is 4.19. The first-order valence-corrected chi connectivity index (χ1v) is 8.04. The minimum atomic E-state index is -0.217. The van der Waals surface area contributed by atoms with Crippen LogP contribution in [0.5, 0.6) is 0 Å². The van der Waals surface area contributed by atoms with Crippen LogP contribution in [0.1, 0.15) is 47.0 Å². The van der Waals surface area contributed by atoms with Crippen LogP contribution < -0.4 is 5.32 Å². The minimum absolute atomic E-state index is 0.136. The molecule has 4 heteroatoms. The molecule has 1 amide bonds. The van der Waals surface area contributed by atoms with Crippen molar-refractivity contribution >= 4 is 5.91 Å². The molecular weight excluding hydrogens is 252 g/mol. The summed E-state index contributed by atoms with van der Waals surface area (Å²) in [5.41, 5.74) is -0.217. The fourth-order valence-electron chi connectivity index (χ4n) is 3.63. The van der Waals surface area contributed by atoms with Crippen molar-refractivity contribution in [3.8, 4) is 0 Å². The topological polar surface area (TPSA) is 41.6 Å². The number of rotatable bonds is 3. The number of amides is 1. The molecule has 0 aromatic carbocycles. The number of nitrogens with zero attached hydrogens (tertiary/aromatic N) is 1. The third-order valence-electron chi connectivity index (χ3n) is 4.61. The number of nitrogens with one attached hydrogen (secondary N) is 1. The van der Waals surface area contributed by atoms with E-state index in [1.165, 1.54) is 12.8 Å². The van der Waals surface area contributed by atoms with Gasteiger partial charge in [-0.1, -0.05) is 6.92 Å². The number of piperidine rings is 1. The first-order chi connectivity index (χ1) is 9.37. The van der Waals surface area contributed by atoms with E-state index in [4.69, 9.17) is 4.74 Å². The van der Waals surface area contributed by atoms with Crippen LogP contribution in [-0.4, -0.2) is 48.7 Å². The lowest BCUT2D eigenvalue weighted by Crippen LogP contribution is -2.54. The lowest BCUT2D eigenvalue weighted by Gasteiger charge is -2.42. The summed E-state index contributed by atoms with van der Waals surface area (Å²) in [6.07, 6.45) is 3.24. The van der Waals surface area contributed by atoms with Gasteiger partial charge in [-0.2, -0.15) is 0 Å². The van der Waals surface area contributed by atoms with Crippen molar-refractivity contribution in [3.63, 3.8) is 0 Å². The van der Waals surface area contributed by atoms with Crippen LogP contribution in [0, 0.1) is 11.8 Å². The molecular formula is C16H30N2O2. The highest BCUT2D eigenvalue weighted by molar-refractivity contribution is 5.76. The Morgan fingerprint density at radius 2 is 2.05 bits per heavy atom. The first kappa shape index (κ1) is 15.8. The molecule has 2 unspecified atom stereocenters. The Morgan fingerprint density at radius 3 is 2.65 bits per heavy atom. The van der Waals surface area contributed by atoms with Crippen molar-refractivity contribution in [2.75, 3.05) is 26.2 Å². The molecule has 2 aliphatic rings. The molecule has 0 aliphatic carbocycles. The number of ether oxygens (including phenoxy) is 1. The average Bonchev–Trinajstić information content (AvgIpc) is 2.37. The molecule has 0 spiro atoms. The molecule has 2 rings (SSSR count). The van der Waals surface area contributed by atoms with Gasteiger partial charge >= 0.3 is 0 Å². The van der Waals surface area contributed by atoms with Gasteiger partial charge in [0.25, 0.3) is 0 Å². The van der Waals surface area contributed by atoms with Crippen LogP contribution in [-0.2, 0) is 9.53 Å². The average molecular weight is 282 g/mol. The molecule has 2 atom stereocenters. The molecule has 2 heterocycles. The fraction of sp³-hybridized carbons (Fsp3) is 0.938. The van der Waals surface area contributed by atoms with Crippen molar-refractivity contribution in [1.82, 2.24) is 10.2 Å². The Morgan fingerprint density at radius 1 is 1.40 bits per heavy atom. The van der Waals surface area contributed by atoms with Gasteiger partial charge < -0.3 is 15.0 Å². The van der Waals surface area contributed by atoms with Crippen LogP contribution in [0.15, 0.2) is 0 Å². The van der Waals surface area contributed by atoms with E-state index in [2.05, 4.69) is 33.0 Å². The van der Waals surface area contributed by atoms with Crippen molar-refractivity contribution in [2.45, 2.75) is 58.7 Å². The molecule has 0 aromatic heterocycles. The molecule has 4 nitrogen and oxygen atoms in total. The van der Waals surface area contributed by atoms with Crippen LogP contribution in [0.25, 0.3) is 0 Å². The van der Waals surface area contributed by atoms with Gasteiger partial charge in [-0.15, -0.1) is 0 Å². The predicted octanol–water partition coefficient (Wildman–Crippen LogP) is 2.04. The summed E-state index contributed by atoms with van der Waals surface area (Å²) in [6, 6.07) is 0. The zero-order valence-corrected chi connectivity index (χ0v) is 13.4. The Kier molecular flexibility index (Phi) is 5.08. The largest absolute Gasteiger partial charge is 0.369 e. The molecule has 0 radical (unpaired) electrons. The monoisotopic (exact) mass is 282 g/mol. The predicted molar refractivity (Wildman–Crippen MR) is 80.6 cm³/mol. The lowest BCUT2D eigenvalue weighted by atomic mass is 9.84. The van der Waals surface area contributed by atoms with E-state index < -0.39 is 0 Å². The van der Waals surface area contributed by atoms with E-state index in [0.29, 0.717) is 24.2 Å².